The monoisotopic (exact) mass is 461 g/mol. The highest BCUT2D eigenvalue weighted by Crippen LogP contribution is 2.34. The minimum atomic E-state index is -5.08. The summed E-state index contributed by atoms with van der Waals surface area (Å²) in [5.74, 6) is -3.06. The number of rotatable bonds is 3. The maximum atomic E-state index is 13.9. The molecule has 2 bridgehead atoms. The number of alkyl halides is 3. The Hall–Kier alpha value is -3.22. The Bertz CT molecular complexity index is 967. The van der Waals surface area contributed by atoms with Gasteiger partial charge in [0.15, 0.2) is 5.82 Å². The van der Waals surface area contributed by atoms with Crippen molar-refractivity contribution in [2.45, 2.75) is 44.2 Å². The molecule has 32 heavy (non-hydrogen) atoms. The van der Waals surface area contributed by atoms with Crippen LogP contribution in [-0.4, -0.2) is 69.6 Å². The second kappa shape index (κ2) is 9.51. The lowest BCUT2D eigenvalue weighted by molar-refractivity contribution is -0.192. The van der Waals surface area contributed by atoms with Gasteiger partial charge in [0, 0.05) is 12.7 Å². The van der Waals surface area contributed by atoms with E-state index in [1.165, 1.54) is 24.5 Å². The first-order chi connectivity index (χ1) is 15.1. The van der Waals surface area contributed by atoms with Crippen LogP contribution in [0.25, 0.3) is 0 Å². The van der Waals surface area contributed by atoms with Gasteiger partial charge in [-0.25, -0.2) is 14.2 Å². The third-order valence-corrected chi connectivity index (χ3v) is 5.01. The molecule has 2 fully saturated rings. The highest BCUT2D eigenvalue weighted by atomic mass is 19.4. The molecule has 0 spiro atoms. The predicted octanol–water partition coefficient (Wildman–Crippen LogP) is 2.60. The van der Waals surface area contributed by atoms with E-state index in [-0.39, 0.29) is 23.9 Å². The third kappa shape index (κ3) is 5.15. The van der Waals surface area contributed by atoms with Crippen molar-refractivity contribution < 1.29 is 46.3 Å². The minimum Gasteiger partial charge on any atom is -0.475 e. The van der Waals surface area contributed by atoms with Crippen molar-refractivity contribution in [2.75, 3.05) is 13.2 Å². The molecule has 2 aromatic heterocycles. The number of carboxylic acids is 1. The van der Waals surface area contributed by atoms with Crippen LogP contribution in [0.4, 0.5) is 17.6 Å². The van der Waals surface area contributed by atoms with Crippen molar-refractivity contribution in [1.82, 2.24) is 15.0 Å². The van der Waals surface area contributed by atoms with E-state index in [0.717, 1.165) is 12.8 Å². The van der Waals surface area contributed by atoms with Gasteiger partial charge in [-0.05, 0) is 31.9 Å². The van der Waals surface area contributed by atoms with Gasteiger partial charge >= 0.3 is 12.1 Å². The van der Waals surface area contributed by atoms with Crippen LogP contribution in [0, 0.1) is 12.7 Å². The average molecular weight is 461 g/mol. The molecule has 9 nitrogen and oxygen atoms in total. The summed E-state index contributed by atoms with van der Waals surface area (Å²) in [6, 6.07) is 2.59. The first-order valence-electron chi connectivity index (χ1n) is 9.50. The molecule has 1 aliphatic carbocycles. The molecule has 1 aliphatic heterocycles. The lowest BCUT2D eigenvalue weighted by Gasteiger charge is -2.31. The Labute approximate surface area is 178 Å². The summed E-state index contributed by atoms with van der Waals surface area (Å²) in [4.78, 5) is 27.5. The number of aliphatic carboxylic acids is 1. The number of carbonyl (C=O) groups is 2. The number of halogens is 4. The molecular weight excluding hydrogens is 442 g/mol. The summed E-state index contributed by atoms with van der Waals surface area (Å²) in [6.07, 6.45) is -1.37. The topological polar surface area (TPSA) is 115 Å². The minimum absolute atomic E-state index is 0.0662. The van der Waals surface area contributed by atoms with Gasteiger partial charge in [0.25, 0.3) is 11.8 Å². The lowest BCUT2D eigenvalue weighted by Crippen LogP contribution is -2.47. The molecule has 4 rings (SSSR count). The summed E-state index contributed by atoms with van der Waals surface area (Å²) >= 11 is 0. The van der Waals surface area contributed by atoms with E-state index in [1.54, 1.807) is 11.8 Å². The average Bonchev–Trinajstić information content (AvgIpc) is 3.26. The van der Waals surface area contributed by atoms with E-state index in [2.05, 4.69) is 10.1 Å². The number of nitrogens with zero attached hydrogens (tertiary/aromatic N) is 3. The fourth-order valence-corrected chi connectivity index (χ4v) is 3.54. The molecule has 174 valence electrons. The molecule has 0 aromatic carbocycles. The molecule has 1 N–H and O–H groups in total. The van der Waals surface area contributed by atoms with Gasteiger partial charge in [-0.3, -0.25) is 4.79 Å². The largest absolute Gasteiger partial charge is 0.490 e. The van der Waals surface area contributed by atoms with Crippen LogP contribution in [-0.2, 0) is 9.53 Å². The van der Waals surface area contributed by atoms with Crippen LogP contribution in [0.1, 0.15) is 29.0 Å². The normalized spacial score (nSPS) is 22.5. The van der Waals surface area contributed by atoms with Gasteiger partial charge < -0.3 is 24.0 Å². The summed E-state index contributed by atoms with van der Waals surface area (Å²) in [5, 5.41) is 10.8. The molecule has 3 unspecified atom stereocenters. The van der Waals surface area contributed by atoms with E-state index >= 15 is 0 Å². The molecule has 3 heterocycles. The molecule has 1 saturated carbocycles. The van der Waals surface area contributed by atoms with Crippen LogP contribution in [0.15, 0.2) is 29.0 Å². The number of amides is 1. The van der Waals surface area contributed by atoms with Crippen molar-refractivity contribution in [2.24, 2.45) is 0 Å². The molecule has 2 aliphatic rings. The SMILES string of the molecule is Cc1oncc1C(=O)N1CCOC2CCC1C2Oc1ncccc1F.O=C(O)C(F)(F)F. The first-order valence-corrected chi connectivity index (χ1v) is 9.50. The summed E-state index contributed by atoms with van der Waals surface area (Å²) in [7, 11) is 0. The fourth-order valence-electron chi connectivity index (χ4n) is 3.54. The Morgan fingerprint density at radius 3 is 2.62 bits per heavy atom. The molecule has 1 amide bonds. The van der Waals surface area contributed by atoms with Crippen LogP contribution in [0.2, 0.25) is 0 Å². The predicted molar refractivity (Wildman–Crippen MR) is 97.3 cm³/mol. The third-order valence-electron chi connectivity index (χ3n) is 5.01. The number of fused-ring (bicyclic) bond motifs is 2. The highest BCUT2D eigenvalue weighted by molar-refractivity contribution is 5.95. The molecule has 0 radical (unpaired) electrons. The van der Waals surface area contributed by atoms with E-state index in [1.807, 2.05) is 0 Å². The van der Waals surface area contributed by atoms with Crippen molar-refractivity contribution in [3.8, 4) is 5.88 Å². The first kappa shape index (κ1) is 23.4. The molecule has 2 aromatic rings. The lowest BCUT2D eigenvalue weighted by atomic mass is 10.1. The molecular formula is C19H19F4N3O6. The standard InChI is InChI=1S/C17H18FN3O4.C2HF3O2/c1-10-11(9-20-25-10)17(22)21-7-8-23-14-5-4-13(21)15(14)24-16-12(18)3-2-6-19-16;3-2(4,5)1(6)7/h2-3,6,9,13-15H,4-5,7-8H2,1H3;(H,6,7). The Balaban J connectivity index is 0.000000360. The van der Waals surface area contributed by atoms with E-state index in [9.17, 15) is 22.4 Å². The van der Waals surface area contributed by atoms with Gasteiger partial charge in [0.1, 0.15) is 17.4 Å². The number of aromatic nitrogens is 2. The Morgan fingerprint density at radius 1 is 1.31 bits per heavy atom. The van der Waals surface area contributed by atoms with Crippen LogP contribution >= 0.6 is 0 Å². The quantitative estimate of drug-likeness (QED) is 0.694. The number of hydrogen-bond acceptors (Lipinski definition) is 7. The molecule has 3 atom stereocenters. The summed E-state index contributed by atoms with van der Waals surface area (Å²) in [6.45, 7) is 2.54. The van der Waals surface area contributed by atoms with Gasteiger partial charge in [0.2, 0.25) is 0 Å². The van der Waals surface area contributed by atoms with Gasteiger partial charge in [-0.1, -0.05) is 5.16 Å². The second-order valence-corrected chi connectivity index (χ2v) is 7.02. The Morgan fingerprint density at radius 2 is 2.03 bits per heavy atom. The van der Waals surface area contributed by atoms with Crippen LogP contribution < -0.4 is 4.74 Å². The van der Waals surface area contributed by atoms with Crippen molar-refractivity contribution >= 4 is 11.9 Å². The van der Waals surface area contributed by atoms with Crippen molar-refractivity contribution in [3.63, 3.8) is 0 Å². The zero-order chi connectivity index (χ0) is 23.5. The Kier molecular flexibility index (Phi) is 6.96. The maximum Gasteiger partial charge on any atom is 0.490 e. The molecule has 13 heteroatoms. The summed E-state index contributed by atoms with van der Waals surface area (Å²) < 4.78 is 62.3. The fraction of sp³-hybridized carbons (Fsp3) is 0.474. The van der Waals surface area contributed by atoms with Crippen LogP contribution in [0.5, 0.6) is 5.88 Å². The zero-order valence-electron chi connectivity index (χ0n) is 16.7. The number of carboxylic acid groups (broad SMARTS) is 1. The highest BCUT2D eigenvalue weighted by Gasteiger charge is 2.46. The second-order valence-electron chi connectivity index (χ2n) is 7.02. The number of pyridine rings is 1. The van der Waals surface area contributed by atoms with E-state index in [4.69, 9.17) is 23.9 Å². The number of carbonyl (C=O) groups excluding carboxylic acids is 1. The van der Waals surface area contributed by atoms with Crippen LogP contribution in [0.3, 0.4) is 0 Å². The maximum absolute atomic E-state index is 13.9. The van der Waals surface area contributed by atoms with Gasteiger partial charge in [-0.2, -0.15) is 13.2 Å². The van der Waals surface area contributed by atoms with E-state index in [0.29, 0.717) is 24.5 Å². The smallest absolute Gasteiger partial charge is 0.475 e. The van der Waals surface area contributed by atoms with Gasteiger partial charge in [-0.15, -0.1) is 0 Å². The number of hydrogen-bond donors (Lipinski definition) is 1. The number of ether oxygens (including phenoxy) is 2. The van der Waals surface area contributed by atoms with Crippen molar-refractivity contribution in [1.29, 1.82) is 0 Å². The number of aryl methyl sites for hydroxylation is 1. The zero-order valence-corrected chi connectivity index (χ0v) is 16.7. The van der Waals surface area contributed by atoms with E-state index < -0.39 is 24.1 Å². The van der Waals surface area contributed by atoms with Crippen molar-refractivity contribution in [3.05, 3.63) is 41.7 Å². The van der Waals surface area contributed by atoms with Gasteiger partial charge in [0.05, 0.1) is 24.9 Å². The summed E-state index contributed by atoms with van der Waals surface area (Å²) in [5.41, 5.74) is 0.424. The molecule has 1 saturated heterocycles.